The van der Waals surface area contributed by atoms with Crippen molar-refractivity contribution in [1.82, 2.24) is 0 Å². The number of unbranched alkanes of at least 4 members (excludes halogenated alkanes) is 34. The molecule has 1 unspecified atom stereocenters. The smallest absolute Gasteiger partial charge is 0.306 e. The van der Waals surface area contributed by atoms with Crippen molar-refractivity contribution in [3.05, 3.63) is 48.6 Å². The van der Waals surface area contributed by atoms with Crippen LogP contribution in [0, 0.1) is 0 Å². The van der Waals surface area contributed by atoms with Gasteiger partial charge < -0.3 is 14.2 Å². The zero-order valence-electron chi connectivity index (χ0n) is 44.7. The molecule has 67 heavy (non-hydrogen) atoms. The molecule has 6 nitrogen and oxygen atoms in total. The van der Waals surface area contributed by atoms with Crippen molar-refractivity contribution >= 4 is 17.9 Å². The number of rotatable bonds is 53. The summed E-state index contributed by atoms with van der Waals surface area (Å²) in [5, 5.41) is 0. The maximum absolute atomic E-state index is 12.8. The van der Waals surface area contributed by atoms with E-state index in [1.807, 2.05) is 0 Å². The van der Waals surface area contributed by atoms with Gasteiger partial charge in [-0.2, -0.15) is 0 Å². The molecule has 1 atom stereocenters. The SMILES string of the molecule is CC/C=C\C/C=C\C/C=C\C/C=C\CCCCCCCCCCCCCCCCCCC(=O)OCC(COC(=O)CCCCCCCCCC)OC(=O)CCCCCCCCCCCCCC. The monoisotopic (exact) mass is 939 g/mol. The van der Waals surface area contributed by atoms with Crippen LogP contribution in [0.1, 0.15) is 303 Å². The molecule has 0 spiro atoms. The van der Waals surface area contributed by atoms with Crippen LogP contribution in [0.4, 0.5) is 0 Å². The van der Waals surface area contributed by atoms with Gasteiger partial charge in [-0.25, -0.2) is 0 Å². The number of carbonyl (C=O) groups excluding carboxylic acids is 3. The van der Waals surface area contributed by atoms with Gasteiger partial charge in [0.15, 0.2) is 6.10 Å². The molecule has 0 radical (unpaired) electrons. The van der Waals surface area contributed by atoms with E-state index in [2.05, 4.69) is 69.4 Å². The van der Waals surface area contributed by atoms with Crippen molar-refractivity contribution < 1.29 is 28.6 Å². The molecule has 0 saturated carbocycles. The fourth-order valence-electron chi connectivity index (χ4n) is 8.49. The number of hydrogen-bond donors (Lipinski definition) is 0. The predicted octanol–water partition coefficient (Wildman–Crippen LogP) is 19.4. The quantitative estimate of drug-likeness (QED) is 0.0262. The van der Waals surface area contributed by atoms with Crippen molar-refractivity contribution in [2.45, 2.75) is 309 Å². The summed E-state index contributed by atoms with van der Waals surface area (Å²) in [6, 6.07) is 0. The minimum absolute atomic E-state index is 0.0675. The lowest BCUT2D eigenvalue weighted by molar-refractivity contribution is -0.167. The van der Waals surface area contributed by atoms with Gasteiger partial charge in [0.25, 0.3) is 0 Å². The first kappa shape index (κ1) is 64.4. The molecule has 0 aromatic heterocycles. The second-order valence-electron chi connectivity index (χ2n) is 19.5. The molecular weight excluding hydrogens is 829 g/mol. The van der Waals surface area contributed by atoms with E-state index >= 15 is 0 Å². The highest BCUT2D eigenvalue weighted by molar-refractivity contribution is 5.71. The van der Waals surface area contributed by atoms with E-state index < -0.39 is 6.10 Å². The largest absolute Gasteiger partial charge is 0.462 e. The summed E-state index contributed by atoms with van der Waals surface area (Å²) >= 11 is 0. The van der Waals surface area contributed by atoms with Crippen LogP contribution in [-0.2, 0) is 28.6 Å². The number of ether oxygens (including phenoxy) is 3. The molecule has 0 amide bonds. The molecule has 0 rings (SSSR count). The van der Waals surface area contributed by atoms with Crippen molar-refractivity contribution in [1.29, 1.82) is 0 Å². The van der Waals surface area contributed by atoms with E-state index in [9.17, 15) is 14.4 Å². The van der Waals surface area contributed by atoms with Crippen LogP contribution in [0.5, 0.6) is 0 Å². The number of carbonyl (C=O) groups is 3. The van der Waals surface area contributed by atoms with E-state index in [4.69, 9.17) is 14.2 Å². The first-order valence-corrected chi connectivity index (χ1v) is 29.1. The Balaban J connectivity index is 4.04. The third-order valence-corrected chi connectivity index (χ3v) is 12.8. The molecule has 0 aliphatic rings. The van der Waals surface area contributed by atoms with Gasteiger partial charge in [0.1, 0.15) is 13.2 Å². The Morgan fingerprint density at radius 3 is 0.910 bits per heavy atom. The lowest BCUT2D eigenvalue weighted by Gasteiger charge is -2.18. The van der Waals surface area contributed by atoms with Crippen molar-refractivity contribution in [3.63, 3.8) is 0 Å². The molecule has 0 heterocycles. The number of hydrogen-bond acceptors (Lipinski definition) is 6. The zero-order chi connectivity index (χ0) is 48.6. The Hall–Kier alpha value is -2.63. The summed E-state index contributed by atoms with van der Waals surface area (Å²) < 4.78 is 16.8. The maximum Gasteiger partial charge on any atom is 0.306 e. The summed E-state index contributed by atoms with van der Waals surface area (Å²) in [7, 11) is 0. The van der Waals surface area contributed by atoms with Crippen LogP contribution in [0.2, 0.25) is 0 Å². The molecule has 0 aliphatic heterocycles. The Morgan fingerprint density at radius 2 is 0.582 bits per heavy atom. The summed E-state index contributed by atoms with van der Waals surface area (Å²) in [5.41, 5.74) is 0. The third kappa shape index (κ3) is 54.2. The molecule has 0 aromatic carbocycles. The van der Waals surface area contributed by atoms with Crippen molar-refractivity contribution in [3.8, 4) is 0 Å². The van der Waals surface area contributed by atoms with E-state index in [-0.39, 0.29) is 31.1 Å². The molecule has 390 valence electrons. The zero-order valence-corrected chi connectivity index (χ0v) is 44.7. The van der Waals surface area contributed by atoms with Gasteiger partial charge >= 0.3 is 17.9 Å². The Kier molecular flexibility index (Phi) is 53.8. The maximum atomic E-state index is 12.8. The lowest BCUT2D eigenvalue weighted by Crippen LogP contribution is -2.30. The van der Waals surface area contributed by atoms with E-state index in [0.717, 1.165) is 83.5 Å². The summed E-state index contributed by atoms with van der Waals surface area (Å²) in [4.78, 5) is 37.9. The van der Waals surface area contributed by atoms with Gasteiger partial charge in [-0.1, -0.05) is 275 Å². The highest BCUT2D eigenvalue weighted by Crippen LogP contribution is 2.17. The molecule has 0 N–H and O–H groups in total. The normalized spacial score (nSPS) is 12.3. The van der Waals surface area contributed by atoms with Gasteiger partial charge in [-0.3, -0.25) is 14.4 Å². The van der Waals surface area contributed by atoms with Crippen LogP contribution in [0.3, 0.4) is 0 Å². The average molecular weight is 940 g/mol. The third-order valence-electron chi connectivity index (χ3n) is 12.8. The molecule has 6 heteroatoms. The Bertz CT molecular complexity index is 1170. The van der Waals surface area contributed by atoms with Gasteiger partial charge in [-0.15, -0.1) is 0 Å². The van der Waals surface area contributed by atoms with Crippen LogP contribution in [0.15, 0.2) is 48.6 Å². The molecular formula is C61H110O6. The van der Waals surface area contributed by atoms with Crippen molar-refractivity contribution in [2.24, 2.45) is 0 Å². The highest BCUT2D eigenvalue weighted by Gasteiger charge is 2.19. The summed E-state index contributed by atoms with van der Waals surface area (Å²) in [6.45, 7) is 6.52. The predicted molar refractivity (Wildman–Crippen MR) is 289 cm³/mol. The number of allylic oxidation sites excluding steroid dienone is 8. The average Bonchev–Trinajstić information content (AvgIpc) is 3.33. The first-order valence-electron chi connectivity index (χ1n) is 29.1. The van der Waals surface area contributed by atoms with Crippen LogP contribution >= 0.6 is 0 Å². The molecule has 0 aliphatic carbocycles. The van der Waals surface area contributed by atoms with Crippen LogP contribution in [0.25, 0.3) is 0 Å². The van der Waals surface area contributed by atoms with Crippen molar-refractivity contribution in [2.75, 3.05) is 13.2 Å². The first-order chi connectivity index (χ1) is 33.0. The Morgan fingerprint density at radius 1 is 0.313 bits per heavy atom. The fraction of sp³-hybridized carbons (Fsp3) is 0.820. The van der Waals surface area contributed by atoms with Crippen LogP contribution < -0.4 is 0 Å². The minimum atomic E-state index is -0.765. The Labute approximate surface area is 416 Å². The van der Waals surface area contributed by atoms with Gasteiger partial charge in [0.05, 0.1) is 0 Å². The van der Waals surface area contributed by atoms with Gasteiger partial charge in [0, 0.05) is 19.3 Å². The van der Waals surface area contributed by atoms with Gasteiger partial charge in [-0.05, 0) is 57.8 Å². The second kappa shape index (κ2) is 56.0. The fourth-order valence-corrected chi connectivity index (χ4v) is 8.49. The summed E-state index contributed by atoms with van der Waals surface area (Å²) in [5.74, 6) is -0.858. The number of esters is 3. The minimum Gasteiger partial charge on any atom is -0.462 e. The van der Waals surface area contributed by atoms with E-state index in [1.165, 1.54) is 180 Å². The highest BCUT2D eigenvalue weighted by atomic mass is 16.6. The van der Waals surface area contributed by atoms with Crippen LogP contribution in [-0.4, -0.2) is 37.2 Å². The molecule has 0 aromatic rings. The van der Waals surface area contributed by atoms with E-state index in [1.54, 1.807) is 0 Å². The molecule has 0 saturated heterocycles. The lowest BCUT2D eigenvalue weighted by atomic mass is 10.0. The topological polar surface area (TPSA) is 78.9 Å². The second-order valence-corrected chi connectivity index (χ2v) is 19.5. The van der Waals surface area contributed by atoms with Gasteiger partial charge in [0.2, 0.25) is 0 Å². The molecule has 0 fully saturated rings. The summed E-state index contributed by atoms with van der Waals surface area (Å²) in [6.07, 6.45) is 68.5. The van der Waals surface area contributed by atoms with E-state index in [0.29, 0.717) is 19.3 Å². The standard InChI is InChI=1S/C61H110O6/c1-4-7-10-13-16-19-21-23-24-25-26-27-28-29-30-31-32-33-34-35-36-37-38-39-41-42-45-48-51-54-60(63)66-57-58(56-65-59(62)53-50-47-44-18-15-12-9-6-3)67-61(64)55-52-49-46-43-40-22-20-17-14-11-8-5-2/h7,10,16,19,23-24,26-27,58H,4-6,8-9,11-15,17-18,20-22,25,28-57H2,1-3H3/b10-7-,19-16-,24-23-,27-26-. The molecule has 0 bridgehead atoms.